The molecule has 3 aromatic rings. The number of thiazole rings is 1. The molecule has 164 valence electrons. The minimum atomic E-state index is -0.304. The third kappa shape index (κ3) is 4.97. The molecule has 1 aliphatic rings. The first-order valence-electron chi connectivity index (χ1n) is 10.5. The van der Waals surface area contributed by atoms with Gasteiger partial charge >= 0.3 is 0 Å². The van der Waals surface area contributed by atoms with Crippen LogP contribution in [0.2, 0.25) is 0 Å². The van der Waals surface area contributed by atoms with Crippen LogP contribution < -0.4 is 15.1 Å². The lowest BCUT2D eigenvalue weighted by Crippen LogP contribution is -2.45. The Morgan fingerprint density at radius 1 is 1.23 bits per heavy atom. The summed E-state index contributed by atoms with van der Waals surface area (Å²) < 4.78 is 15.1. The van der Waals surface area contributed by atoms with E-state index in [9.17, 15) is 9.18 Å². The van der Waals surface area contributed by atoms with Crippen LogP contribution in [0.1, 0.15) is 18.5 Å². The maximum absolute atomic E-state index is 14.1. The number of nitrogens with zero attached hydrogens (tertiary/aromatic N) is 4. The average molecular weight is 442 g/mol. The molecule has 1 N–H and O–H groups in total. The van der Waals surface area contributed by atoms with Crippen LogP contribution in [0.25, 0.3) is 10.2 Å². The van der Waals surface area contributed by atoms with Crippen molar-refractivity contribution >= 4 is 38.3 Å². The highest BCUT2D eigenvalue weighted by molar-refractivity contribution is 7.22. The monoisotopic (exact) mass is 441 g/mol. The molecule has 0 saturated carbocycles. The van der Waals surface area contributed by atoms with Gasteiger partial charge < -0.3 is 20.0 Å². The van der Waals surface area contributed by atoms with Gasteiger partial charge in [0, 0.05) is 44.5 Å². The van der Waals surface area contributed by atoms with E-state index in [1.165, 1.54) is 12.1 Å². The number of nitrogens with one attached hydrogen (secondary N) is 1. The van der Waals surface area contributed by atoms with Crippen LogP contribution in [0, 0.1) is 5.82 Å². The Balaban J connectivity index is 1.44. The number of para-hydroxylation sites is 1. The first-order valence-corrected chi connectivity index (χ1v) is 11.3. The fourth-order valence-corrected chi connectivity index (χ4v) is 4.80. The van der Waals surface area contributed by atoms with Gasteiger partial charge in [-0.15, -0.1) is 0 Å². The van der Waals surface area contributed by atoms with E-state index in [2.05, 4.69) is 27.1 Å². The van der Waals surface area contributed by atoms with Crippen molar-refractivity contribution in [3.8, 4) is 0 Å². The molecule has 2 heterocycles. The van der Waals surface area contributed by atoms with Crippen molar-refractivity contribution in [2.24, 2.45) is 0 Å². The molecule has 1 aromatic heterocycles. The standard InChI is InChI=1S/C23H28FN5OS/c1-16(18-14-17(24)8-9-20(18)29-12-10-27(2)11-13-29)25-22(30)15-28(3)23-26-19-6-4-5-7-21(19)31-23/h4-9,14,16H,10-13,15H2,1-3H3,(H,25,30). The Kier molecular flexibility index (Phi) is 6.38. The molecule has 6 nitrogen and oxygen atoms in total. The van der Waals surface area contributed by atoms with E-state index >= 15 is 0 Å². The number of piperazine rings is 1. The Morgan fingerprint density at radius 2 is 1.97 bits per heavy atom. The highest BCUT2D eigenvalue weighted by Gasteiger charge is 2.22. The number of carbonyl (C=O) groups excluding carboxylic acids is 1. The predicted molar refractivity (Wildman–Crippen MR) is 126 cm³/mol. The van der Waals surface area contributed by atoms with E-state index in [-0.39, 0.29) is 24.3 Å². The molecule has 2 aromatic carbocycles. The number of aromatic nitrogens is 1. The van der Waals surface area contributed by atoms with Crippen LogP contribution in [0.4, 0.5) is 15.2 Å². The van der Waals surface area contributed by atoms with Crippen LogP contribution in [0.15, 0.2) is 42.5 Å². The van der Waals surface area contributed by atoms with Gasteiger partial charge in [0.1, 0.15) is 5.82 Å². The fourth-order valence-electron chi connectivity index (χ4n) is 3.88. The summed E-state index contributed by atoms with van der Waals surface area (Å²) in [6, 6.07) is 12.5. The van der Waals surface area contributed by atoms with Gasteiger partial charge in [0.05, 0.1) is 22.8 Å². The van der Waals surface area contributed by atoms with Gasteiger partial charge in [-0.05, 0) is 44.3 Å². The summed E-state index contributed by atoms with van der Waals surface area (Å²) in [6.45, 7) is 5.79. The summed E-state index contributed by atoms with van der Waals surface area (Å²) in [4.78, 5) is 23.7. The first kappa shape index (κ1) is 21.5. The summed E-state index contributed by atoms with van der Waals surface area (Å²) >= 11 is 1.56. The Labute approximate surface area is 186 Å². The first-order chi connectivity index (χ1) is 14.9. The van der Waals surface area contributed by atoms with Crippen molar-refractivity contribution in [1.82, 2.24) is 15.2 Å². The van der Waals surface area contributed by atoms with Gasteiger partial charge in [-0.2, -0.15) is 0 Å². The van der Waals surface area contributed by atoms with Gasteiger partial charge in [0.25, 0.3) is 0 Å². The summed E-state index contributed by atoms with van der Waals surface area (Å²) in [5.41, 5.74) is 2.72. The summed E-state index contributed by atoms with van der Waals surface area (Å²) in [6.07, 6.45) is 0. The Bertz CT molecular complexity index is 1030. The number of anilines is 2. The third-order valence-electron chi connectivity index (χ3n) is 5.67. The molecule has 4 rings (SSSR count). The maximum atomic E-state index is 14.1. The zero-order chi connectivity index (χ0) is 22.0. The van der Waals surface area contributed by atoms with E-state index in [0.717, 1.165) is 52.8 Å². The molecule has 0 spiro atoms. The molecular formula is C23H28FN5OS. The number of hydrogen-bond acceptors (Lipinski definition) is 6. The second kappa shape index (κ2) is 9.20. The topological polar surface area (TPSA) is 51.7 Å². The molecule has 1 fully saturated rings. The zero-order valence-electron chi connectivity index (χ0n) is 18.1. The highest BCUT2D eigenvalue weighted by atomic mass is 32.1. The number of carbonyl (C=O) groups is 1. The lowest BCUT2D eigenvalue weighted by atomic mass is 10.0. The number of hydrogen-bond donors (Lipinski definition) is 1. The van der Waals surface area contributed by atoms with Crippen LogP contribution >= 0.6 is 11.3 Å². The number of amides is 1. The van der Waals surface area contributed by atoms with Crippen molar-refractivity contribution in [3.63, 3.8) is 0 Å². The maximum Gasteiger partial charge on any atom is 0.240 e. The normalized spacial score (nSPS) is 15.8. The lowest BCUT2D eigenvalue weighted by molar-refractivity contribution is -0.120. The largest absolute Gasteiger partial charge is 0.369 e. The zero-order valence-corrected chi connectivity index (χ0v) is 19.0. The van der Waals surface area contributed by atoms with Crippen molar-refractivity contribution < 1.29 is 9.18 Å². The molecule has 1 amide bonds. The molecule has 0 aliphatic carbocycles. The van der Waals surface area contributed by atoms with E-state index in [0.29, 0.717) is 0 Å². The molecule has 31 heavy (non-hydrogen) atoms. The van der Waals surface area contributed by atoms with Gasteiger partial charge in [-0.3, -0.25) is 4.79 Å². The third-order valence-corrected chi connectivity index (χ3v) is 6.82. The molecule has 0 bridgehead atoms. The molecule has 1 unspecified atom stereocenters. The second-order valence-corrected chi connectivity index (χ2v) is 9.11. The van der Waals surface area contributed by atoms with Crippen molar-refractivity contribution in [1.29, 1.82) is 0 Å². The van der Waals surface area contributed by atoms with Crippen molar-refractivity contribution in [2.45, 2.75) is 13.0 Å². The molecule has 1 saturated heterocycles. The van der Waals surface area contributed by atoms with Crippen molar-refractivity contribution in [2.75, 3.05) is 56.6 Å². The number of halogens is 1. The van der Waals surface area contributed by atoms with E-state index in [1.807, 2.05) is 49.2 Å². The molecule has 1 aliphatic heterocycles. The smallest absolute Gasteiger partial charge is 0.240 e. The number of fused-ring (bicyclic) bond motifs is 1. The Morgan fingerprint density at radius 3 is 2.71 bits per heavy atom. The highest BCUT2D eigenvalue weighted by Crippen LogP contribution is 2.29. The average Bonchev–Trinajstić information content (AvgIpc) is 3.19. The van der Waals surface area contributed by atoms with Gasteiger partial charge in [-0.25, -0.2) is 9.37 Å². The molecular weight excluding hydrogens is 413 g/mol. The number of likely N-dealkylation sites (N-methyl/N-ethyl adjacent to an activating group) is 2. The molecule has 0 radical (unpaired) electrons. The van der Waals surface area contributed by atoms with Gasteiger partial charge in [0.15, 0.2) is 5.13 Å². The predicted octanol–water partition coefficient (Wildman–Crippen LogP) is 3.50. The minimum absolute atomic E-state index is 0.122. The minimum Gasteiger partial charge on any atom is -0.369 e. The second-order valence-electron chi connectivity index (χ2n) is 8.10. The number of benzene rings is 2. The lowest BCUT2D eigenvalue weighted by Gasteiger charge is -2.36. The van der Waals surface area contributed by atoms with Crippen LogP contribution in [-0.2, 0) is 4.79 Å². The van der Waals surface area contributed by atoms with Crippen LogP contribution in [0.5, 0.6) is 0 Å². The number of rotatable bonds is 6. The quantitative estimate of drug-likeness (QED) is 0.635. The van der Waals surface area contributed by atoms with Crippen molar-refractivity contribution in [3.05, 3.63) is 53.8 Å². The fraction of sp³-hybridized carbons (Fsp3) is 0.391. The van der Waals surface area contributed by atoms with Gasteiger partial charge in [0.2, 0.25) is 5.91 Å². The SMILES string of the molecule is CC(NC(=O)CN(C)c1nc2ccccc2s1)c1cc(F)ccc1N1CCN(C)CC1. The van der Waals surface area contributed by atoms with E-state index < -0.39 is 0 Å². The van der Waals surface area contributed by atoms with Crippen LogP contribution in [0.3, 0.4) is 0 Å². The molecule has 1 atom stereocenters. The van der Waals surface area contributed by atoms with Gasteiger partial charge in [-0.1, -0.05) is 23.5 Å². The van der Waals surface area contributed by atoms with E-state index in [4.69, 9.17) is 0 Å². The summed E-state index contributed by atoms with van der Waals surface area (Å²) in [5, 5.41) is 3.84. The van der Waals surface area contributed by atoms with Crippen LogP contribution in [-0.4, -0.2) is 62.6 Å². The Hall–Kier alpha value is -2.71. The molecule has 8 heteroatoms. The summed E-state index contributed by atoms with van der Waals surface area (Å²) in [5.74, 6) is -0.414. The van der Waals surface area contributed by atoms with E-state index in [1.54, 1.807) is 11.3 Å². The summed E-state index contributed by atoms with van der Waals surface area (Å²) in [7, 11) is 3.97.